The van der Waals surface area contributed by atoms with Crippen LogP contribution in [-0.2, 0) is 24.0 Å². The fourth-order valence-electron chi connectivity index (χ4n) is 0. The van der Waals surface area contributed by atoms with Crippen molar-refractivity contribution in [2.45, 2.75) is 0 Å². The van der Waals surface area contributed by atoms with Gasteiger partial charge < -0.3 is 30.3 Å². The van der Waals surface area contributed by atoms with Gasteiger partial charge in [0.2, 0.25) is 0 Å². The number of rotatable bonds is 5. The molecule has 0 aliphatic rings. The van der Waals surface area contributed by atoms with Crippen LogP contribution in [0.3, 0.4) is 0 Å². The van der Waals surface area contributed by atoms with Gasteiger partial charge in [-0.1, -0.05) is 32.9 Å². The Bertz CT molecular complexity index is 390. The largest absolute Gasteiger partial charge is 1.00 e. The van der Waals surface area contributed by atoms with Crippen molar-refractivity contribution >= 4 is 29.8 Å². The van der Waals surface area contributed by atoms with E-state index in [1.165, 1.54) is 0 Å². The van der Waals surface area contributed by atoms with Gasteiger partial charge in [0.25, 0.3) is 0 Å². The van der Waals surface area contributed by atoms with Crippen molar-refractivity contribution < 1.29 is 79.1 Å². The van der Waals surface area contributed by atoms with Gasteiger partial charge in [0, 0.05) is 24.3 Å². The van der Waals surface area contributed by atoms with Crippen LogP contribution in [0.5, 0.6) is 0 Å². The molecule has 10 nitrogen and oxygen atoms in total. The Kier molecular flexibility index (Phi) is 49.8. The number of carbonyl (C=O) groups excluding carboxylic acids is 1. The van der Waals surface area contributed by atoms with Gasteiger partial charge in [0.05, 0.1) is 5.97 Å². The molecule has 0 heterocycles. The van der Waals surface area contributed by atoms with Gasteiger partial charge in [0.15, 0.2) is 0 Å². The Morgan fingerprint density at radius 3 is 0.615 bits per heavy atom. The van der Waals surface area contributed by atoms with Crippen LogP contribution in [0.1, 0.15) is 0 Å². The Morgan fingerprint density at radius 2 is 0.615 bits per heavy atom. The smallest absolute Gasteiger partial charge is 0.545 e. The molecule has 0 aromatic carbocycles. The van der Waals surface area contributed by atoms with Gasteiger partial charge in [-0.05, 0) is 6.08 Å². The van der Waals surface area contributed by atoms with E-state index < -0.39 is 29.8 Å². The maximum absolute atomic E-state index is 9.25. The first-order chi connectivity index (χ1) is 11.4. The molecule has 0 aliphatic carbocycles. The Balaban J connectivity index is -0.0000000476. The third-order valence-corrected chi connectivity index (χ3v) is 0.865. The van der Waals surface area contributed by atoms with Crippen LogP contribution in [-0.4, -0.2) is 50.3 Å². The molecular formula is C15H19NaO10. The topological polar surface area (TPSA) is 189 Å². The van der Waals surface area contributed by atoms with Gasteiger partial charge in [-0.2, -0.15) is 0 Å². The molecular weight excluding hydrogens is 363 g/mol. The first-order valence-electron chi connectivity index (χ1n) is 5.60. The monoisotopic (exact) mass is 382 g/mol. The molecule has 0 saturated carbocycles. The van der Waals surface area contributed by atoms with E-state index >= 15 is 0 Å². The number of carboxylic acid groups (broad SMARTS) is 5. The van der Waals surface area contributed by atoms with Crippen LogP contribution in [0.15, 0.2) is 63.3 Å². The van der Waals surface area contributed by atoms with Gasteiger partial charge in [-0.25, -0.2) is 19.2 Å². The molecule has 0 rings (SSSR count). The maximum atomic E-state index is 9.25. The summed E-state index contributed by atoms with van der Waals surface area (Å²) in [5.41, 5.74) is 0. The summed E-state index contributed by atoms with van der Waals surface area (Å²) in [5, 5.41) is 39.6. The number of aliphatic carboxylic acids is 5. The first kappa shape index (κ1) is 38.6. The van der Waals surface area contributed by atoms with E-state index in [9.17, 15) is 19.2 Å². The second kappa shape index (κ2) is 33.6. The average molecular weight is 382 g/mol. The normalized spacial score (nSPS) is 6.15. The first-order valence-corrected chi connectivity index (χ1v) is 5.60. The minimum Gasteiger partial charge on any atom is -0.545 e. The molecule has 0 radical (unpaired) electrons. The quantitative estimate of drug-likeness (QED) is 0.281. The molecule has 0 bridgehead atoms. The van der Waals surface area contributed by atoms with Gasteiger partial charge in [0.1, 0.15) is 0 Å². The van der Waals surface area contributed by atoms with Crippen molar-refractivity contribution in [2.75, 3.05) is 0 Å². The van der Waals surface area contributed by atoms with E-state index in [-0.39, 0.29) is 29.6 Å². The minimum atomic E-state index is -1.23. The Hall–Kier alpha value is -2.95. The molecule has 0 aromatic rings. The molecule has 26 heavy (non-hydrogen) atoms. The van der Waals surface area contributed by atoms with Crippen molar-refractivity contribution in [3.63, 3.8) is 0 Å². The van der Waals surface area contributed by atoms with Gasteiger partial charge >= 0.3 is 53.4 Å². The number of hydrogen-bond acceptors (Lipinski definition) is 6. The van der Waals surface area contributed by atoms with E-state index in [1.54, 1.807) is 0 Å². The van der Waals surface area contributed by atoms with E-state index in [0.29, 0.717) is 0 Å². The number of carboxylic acids is 5. The van der Waals surface area contributed by atoms with Crippen LogP contribution in [0.4, 0.5) is 0 Å². The van der Waals surface area contributed by atoms with Gasteiger partial charge in [-0.15, -0.1) is 0 Å². The van der Waals surface area contributed by atoms with Crippen LogP contribution in [0, 0.1) is 0 Å². The summed E-state index contributed by atoms with van der Waals surface area (Å²) in [6, 6.07) is 0. The summed E-state index contributed by atoms with van der Waals surface area (Å²) in [6.07, 6.45) is 4.06. The molecule has 0 atom stereocenters. The van der Waals surface area contributed by atoms with Crippen molar-refractivity contribution in [3.05, 3.63) is 63.3 Å². The third kappa shape index (κ3) is 170. The summed E-state index contributed by atoms with van der Waals surface area (Å²) >= 11 is 0. The molecule has 0 amide bonds. The summed E-state index contributed by atoms with van der Waals surface area (Å²) in [5.74, 6) is -5.16. The summed E-state index contributed by atoms with van der Waals surface area (Å²) in [6.45, 7) is 14.7. The summed E-state index contributed by atoms with van der Waals surface area (Å²) < 4.78 is 0. The molecule has 0 aromatic heterocycles. The number of hydrogen-bond donors (Lipinski definition) is 4. The Morgan fingerprint density at radius 1 is 0.538 bits per heavy atom. The SMILES string of the molecule is C=CC(=O)O.C=CC(=O)O.C=CC(=O)O.C=CC(=O)O.C=CC(=O)[O-].[Na+]. The van der Waals surface area contributed by atoms with Crippen molar-refractivity contribution in [1.82, 2.24) is 0 Å². The third-order valence-electron chi connectivity index (χ3n) is 0.865. The standard InChI is InChI=1S/5C3H4O2.Na/c5*1-2-3(4)5;/h5*2H,1H2,(H,4,5);/q;;;;;+1/p-1. The zero-order chi connectivity index (χ0) is 21.4. The maximum Gasteiger partial charge on any atom is 1.00 e. The molecule has 140 valence electrons. The van der Waals surface area contributed by atoms with E-state index in [2.05, 4.69) is 32.9 Å². The fraction of sp³-hybridized carbons (Fsp3) is 0. The minimum absolute atomic E-state index is 0. The number of carbonyl (C=O) groups is 5. The summed E-state index contributed by atoms with van der Waals surface area (Å²) in [7, 11) is 0. The Labute approximate surface area is 172 Å². The molecule has 11 heteroatoms. The van der Waals surface area contributed by atoms with Crippen molar-refractivity contribution in [1.29, 1.82) is 0 Å². The predicted molar refractivity (Wildman–Crippen MR) is 86.5 cm³/mol. The van der Waals surface area contributed by atoms with E-state index in [1.807, 2.05) is 0 Å². The predicted octanol–water partition coefficient (Wildman–Crippen LogP) is -3.05. The van der Waals surface area contributed by atoms with Crippen LogP contribution in [0.2, 0.25) is 0 Å². The second-order valence-electron chi connectivity index (χ2n) is 2.69. The van der Waals surface area contributed by atoms with Crippen LogP contribution in [0.25, 0.3) is 0 Å². The molecule has 0 fully saturated rings. The van der Waals surface area contributed by atoms with Gasteiger partial charge in [-0.3, -0.25) is 0 Å². The fourth-order valence-corrected chi connectivity index (χ4v) is 0. The zero-order valence-electron chi connectivity index (χ0n) is 14.2. The molecule has 0 unspecified atom stereocenters. The molecule has 0 aliphatic heterocycles. The van der Waals surface area contributed by atoms with E-state index in [0.717, 1.165) is 30.4 Å². The second-order valence-corrected chi connectivity index (χ2v) is 2.69. The van der Waals surface area contributed by atoms with Crippen molar-refractivity contribution in [2.24, 2.45) is 0 Å². The van der Waals surface area contributed by atoms with E-state index in [4.69, 9.17) is 30.3 Å². The molecule has 4 N–H and O–H groups in total. The zero-order valence-corrected chi connectivity index (χ0v) is 16.2. The van der Waals surface area contributed by atoms with Crippen LogP contribution >= 0.6 is 0 Å². The molecule has 0 saturated heterocycles. The molecule has 0 spiro atoms. The van der Waals surface area contributed by atoms with Crippen molar-refractivity contribution in [3.8, 4) is 0 Å². The van der Waals surface area contributed by atoms with Crippen LogP contribution < -0.4 is 34.7 Å². The average Bonchev–Trinajstić information content (AvgIpc) is 2.56. The summed E-state index contributed by atoms with van der Waals surface area (Å²) in [4.78, 5) is 46.1.